The summed E-state index contributed by atoms with van der Waals surface area (Å²) in [7, 11) is 1.68. The maximum Gasteiger partial charge on any atom is 0.137 e. The van der Waals surface area contributed by atoms with Crippen LogP contribution in [0.25, 0.3) is 0 Å². The van der Waals surface area contributed by atoms with Crippen molar-refractivity contribution in [2.75, 3.05) is 13.7 Å². The summed E-state index contributed by atoms with van der Waals surface area (Å²) in [6, 6.07) is 4.04. The molecular weight excluding hydrogens is 386 g/mol. The highest BCUT2D eigenvalue weighted by atomic mass is 79.9. The van der Waals surface area contributed by atoms with E-state index in [4.69, 9.17) is 4.74 Å². The van der Waals surface area contributed by atoms with E-state index in [1.807, 2.05) is 6.07 Å². The van der Waals surface area contributed by atoms with Gasteiger partial charge in [0.1, 0.15) is 5.75 Å². The number of aliphatic hydroxyl groups is 1. The molecule has 112 valence electrons. The van der Waals surface area contributed by atoms with Gasteiger partial charge in [0.15, 0.2) is 0 Å². The minimum atomic E-state index is -0.127. The van der Waals surface area contributed by atoms with Crippen LogP contribution in [0.15, 0.2) is 21.1 Å². The van der Waals surface area contributed by atoms with Crippen LogP contribution in [0, 0.1) is 0 Å². The first-order valence-electron chi connectivity index (χ1n) is 6.98. The van der Waals surface area contributed by atoms with E-state index in [1.54, 1.807) is 7.11 Å². The molecule has 5 heteroatoms. The molecule has 1 aromatic rings. The molecular formula is C15H21Br2NO2. The number of ether oxygens (including phenoxy) is 1. The molecule has 1 aliphatic rings. The SMILES string of the molecule is COc1c(Br)cc(Br)cc1CNC1(CO)CCCCC1. The first-order chi connectivity index (χ1) is 9.60. The standard InChI is InChI=1S/C15H21Br2NO2/c1-20-14-11(7-12(16)8-13(14)17)9-18-15(10-19)5-3-2-4-6-15/h7-8,18-19H,2-6,9-10H2,1H3. The second-order valence-electron chi connectivity index (χ2n) is 5.43. The van der Waals surface area contributed by atoms with Crippen LogP contribution >= 0.6 is 31.9 Å². The largest absolute Gasteiger partial charge is 0.495 e. The lowest BCUT2D eigenvalue weighted by Gasteiger charge is -2.37. The van der Waals surface area contributed by atoms with E-state index in [0.717, 1.165) is 33.1 Å². The number of nitrogens with one attached hydrogen (secondary N) is 1. The highest BCUT2D eigenvalue weighted by molar-refractivity contribution is 9.11. The Morgan fingerprint density at radius 2 is 1.95 bits per heavy atom. The summed E-state index contributed by atoms with van der Waals surface area (Å²) in [6.45, 7) is 0.895. The number of aliphatic hydroxyl groups excluding tert-OH is 1. The van der Waals surface area contributed by atoms with E-state index < -0.39 is 0 Å². The van der Waals surface area contributed by atoms with Gasteiger partial charge in [0, 0.05) is 22.1 Å². The molecule has 0 radical (unpaired) electrons. The lowest BCUT2D eigenvalue weighted by Crippen LogP contribution is -2.49. The number of hydrogen-bond acceptors (Lipinski definition) is 3. The molecule has 0 atom stereocenters. The van der Waals surface area contributed by atoms with Gasteiger partial charge in [-0.2, -0.15) is 0 Å². The number of hydrogen-bond donors (Lipinski definition) is 2. The molecule has 2 N–H and O–H groups in total. The van der Waals surface area contributed by atoms with Gasteiger partial charge >= 0.3 is 0 Å². The van der Waals surface area contributed by atoms with Crippen LogP contribution in [0.5, 0.6) is 5.75 Å². The highest BCUT2D eigenvalue weighted by Gasteiger charge is 2.30. The first-order valence-corrected chi connectivity index (χ1v) is 8.57. The summed E-state index contributed by atoms with van der Waals surface area (Å²) in [6.07, 6.45) is 5.73. The molecule has 20 heavy (non-hydrogen) atoms. The molecule has 0 amide bonds. The number of rotatable bonds is 5. The topological polar surface area (TPSA) is 41.5 Å². The van der Waals surface area contributed by atoms with Gasteiger partial charge in [0.05, 0.1) is 18.2 Å². The Morgan fingerprint density at radius 3 is 2.55 bits per heavy atom. The molecule has 2 rings (SSSR count). The molecule has 1 saturated carbocycles. The van der Waals surface area contributed by atoms with Crippen molar-refractivity contribution >= 4 is 31.9 Å². The zero-order valence-corrected chi connectivity index (χ0v) is 14.9. The Labute approximate surface area is 137 Å². The van der Waals surface area contributed by atoms with Gasteiger partial charge in [0.25, 0.3) is 0 Å². The Morgan fingerprint density at radius 1 is 1.25 bits per heavy atom. The lowest BCUT2D eigenvalue weighted by atomic mass is 9.82. The van der Waals surface area contributed by atoms with Gasteiger partial charge in [-0.05, 0) is 40.9 Å². The highest BCUT2D eigenvalue weighted by Crippen LogP contribution is 2.34. The van der Waals surface area contributed by atoms with E-state index in [0.29, 0.717) is 6.54 Å². The third kappa shape index (κ3) is 3.75. The van der Waals surface area contributed by atoms with Crippen molar-refractivity contribution < 1.29 is 9.84 Å². The fourth-order valence-corrected chi connectivity index (χ4v) is 4.35. The Kier molecular flexibility index (Phi) is 5.90. The first kappa shape index (κ1) is 16.3. The quantitative estimate of drug-likeness (QED) is 0.776. The predicted molar refractivity (Wildman–Crippen MR) is 88.1 cm³/mol. The van der Waals surface area contributed by atoms with Crippen molar-refractivity contribution in [2.45, 2.75) is 44.2 Å². The average Bonchev–Trinajstić information content (AvgIpc) is 2.45. The van der Waals surface area contributed by atoms with Gasteiger partial charge in [-0.15, -0.1) is 0 Å². The number of methoxy groups -OCH3 is 1. The maximum atomic E-state index is 9.74. The maximum absolute atomic E-state index is 9.74. The molecule has 1 aromatic carbocycles. The van der Waals surface area contributed by atoms with Crippen molar-refractivity contribution in [2.24, 2.45) is 0 Å². The monoisotopic (exact) mass is 405 g/mol. The Hall–Kier alpha value is -0.100. The summed E-state index contributed by atoms with van der Waals surface area (Å²) in [5.74, 6) is 0.851. The van der Waals surface area contributed by atoms with Crippen molar-refractivity contribution in [1.82, 2.24) is 5.32 Å². The van der Waals surface area contributed by atoms with Gasteiger partial charge in [-0.1, -0.05) is 35.2 Å². The van der Waals surface area contributed by atoms with Crippen molar-refractivity contribution in [3.05, 3.63) is 26.6 Å². The number of halogens is 2. The minimum absolute atomic E-state index is 0.127. The smallest absolute Gasteiger partial charge is 0.137 e. The normalized spacial score (nSPS) is 18.0. The van der Waals surface area contributed by atoms with Crippen LogP contribution in [0.2, 0.25) is 0 Å². The molecule has 0 heterocycles. The van der Waals surface area contributed by atoms with Crippen molar-refractivity contribution in [3.63, 3.8) is 0 Å². The van der Waals surface area contributed by atoms with Gasteiger partial charge in [-0.25, -0.2) is 0 Å². The number of benzene rings is 1. The summed E-state index contributed by atoms with van der Waals surface area (Å²) < 4.78 is 7.42. The lowest BCUT2D eigenvalue weighted by molar-refractivity contribution is 0.119. The average molecular weight is 407 g/mol. The molecule has 0 aromatic heterocycles. The van der Waals surface area contributed by atoms with Crippen LogP contribution in [0.4, 0.5) is 0 Å². The zero-order valence-electron chi connectivity index (χ0n) is 11.7. The van der Waals surface area contributed by atoms with Crippen molar-refractivity contribution in [1.29, 1.82) is 0 Å². The molecule has 0 spiro atoms. The third-order valence-corrected chi connectivity index (χ3v) is 5.10. The Balaban J connectivity index is 2.13. The molecule has 0 aliphatic heterocycles. The fraction of sp³-hybridized carbons (Fsp3) is 0.600. The van der Waals surface area contributed by atoms with Crippen LogP contribution < -0.4 is 10.1 Å². The van der Waals surface area contributed by atoms with E-state index in [9.17, 15) is 5.11 Å². The minimum Gasteiger partial charge on any atom is -0.495 e. The van der Waals surface area contributed by atoms with Crippen LogP contribution in [0.3, 0.4) is 0 Å². The van der Waals surface area contributed by atoms with Crippen LogP contribution in [-0.2, 0) is 6.54 Å². The third-order valence-electron chi connectivity index (χ3n) is 4.06. The fourth-order valence-electron chi connectivity index (χ4n) is 2.88. The van der Waals surface area contributed by atoms with Crippen molar-refractivity contribution in [3.8, 4) is 5.75 Å². The van der Waals surface area contributed by atoms with Gasteiger partial charge < -0.3 is 15.2 Å². The molecule has 0 unspecified atom stereocenters. The van der Waals surface area contributed by atoms with Gasteiger partial charge in [-0.3, -0.25) is 0 Å². The van der Waals surface area contributed by atoms with E-state index in [-0.39, 0.29) is 12.1 Å². The zero-order chi connectivity index (χ0) is 14.6. The van der Waals surface area contributed by atoms with E-state index >= 15 is 0 Å². The van der Waals surface area contributed by atoms with Crippen LogP contribution in [0.1, 0.15) is 37.7 Å². The summed E-state index contributed by atoms with van der Waals surface area (Å²) in [5.41, 5.74) is 0.963. The Bertz CT molecular complexity index is 459. The van der Waals surface area contributed by atoms with Gasteiger partial charge in [0.2, 0.25) is 0 Å². The summed E-state index contributed by atoms with van der Waals surface area (Å²) in [5, 5.41) is 13.3. The second-order valence-corrected chi connectivity index (χ2v) is 7.20. The summed E-state index contributed by atoms with van der Waals surface area (Å²) in [4.78, 5) is 0. The van der Waals surface area contributed by atoms with E-state index in [2.05, 4.69) is 43.2 Å². The molecule has 1 fully saturated rings. The predicted octanol–water partition coefficient (Wildman–Crippen LogP) is 4.01. The second kappa shape index (κ2) is 7.25. The molecule has 0 saturated heterocycles. The van der Waals surface area contributed by atoms with E-state index in [1.165, 1.54) is 19.3 Å². The van der Waals surface area contributed by atoms with Crippen LogP contribution in [-0.4, -0.2) is 24.4 Å². The molecule has 0 bridgehead atoms. The molecule has 1 aliphatic carbocycles. The molecule has 3 nitrogen and oxygen atoms in total. The summed E-state index contributed by atoms with van der Waals surface area (Å²) >= 11 is 7.03.